The third-order valence-electron chi connectivity index (χ3n) is 4.04. The Balaban J connectivity index is 2.14. The van der Waals surface area contributed by atoms with Crippen LogP contribution in [-0.4, -0.2) is 56.3 Å². The fourth-order valence-electron chi connectivity index (χ4n) is 2.57. The second-order valence-corrected chi connectivity index (χ2v) is 7.99. The first-order chi connectivity index (χ1) is 11.1. The Morgan fingerprint density at radius 2 is 1.92 bits per heavy atom. The van der Waals surface area contributed by atoms with Gasteiger partial charge in [0.15, 0.2) is 21.5 Å². The number of rotatable bonds is 4. The molecule has 1 fully saturated rings. The van der Waals surface area contributed by atoms with Crippen molar-refractivity contribution in [3.8, 4) is 0 Å². The Kier molecular flexibility index (Phi) is 5.22. The molecule has 2 amide bonds. The van der Waals surface area contributed by atoms with Crippen LogP contribution < -0.4 is 4.90 Å². The SMILES string of the molecule is CC(=O)N(CC(=O)N(C)C1CCS(=O)(=O)C1)c1ccc(F)c(F)c1. The molecule has 0 saturated carbocycles. The summed E-state index contributed by atoms with van der Waals surface area (Å²) in [6.45, 7) is 0.821. The van der Waals surface area contributed by atoms with Gasteiger partial charge in [-0.2, -0.15) is 0 Å². The van der Waals surface area contributed by atoms with Gasteiger partial charge in [-0.3, -0.25) is 9.59 Å². The van der Waals surface area contributed by atoms with Crippen molar-refractivity contribution in [2.75, 3.05) is 30.0 Å². The Labute approximate surface area is 139 Å². The third-order valence-corrected chi connectivity index (χ3v) is 5.79. The van der Waals surface area contributed by atoms with Crippen LogP contribution in [0.1, 0.15) is 13.3 Å². The molecule has 1 unspecified atom stereocenters. The Bertz CT molecular complexity index is 767. The number of carbonyl (C=O) groups is 2. The summed E-state index contributed by atoms with van der Waals surface area (Å²) < 4.78 is 49.4. The molecule has 0 N–H and O–H groups in total. The topological polar surface area (TPSA) is 74.8 Å². The van der Waals surface area contributed by atoms with Gasteiger partial charge in [-0.1, -0.05) is 0 Å². The van der Waals surface area contributed by atoms with Crippen LogP contribution in [0.2, 0.25) is 0 Å². The number of halogens is 2. The molecule has 132 valence electrons. The lowest BCUT2D eigenvalue weighted by atomic mass is 10.2. The van der Waals surface area contributed by atoms with Gasteiger partial charge in [0.05, 0.1) is 11.5 Å². The van der Waals surface area contributed by atoms with Gasteiger partial charge in [0.2, 0.25) is 11.8 Å². The van der Waals surface area contributed by atoms with E-state index in [1.807, 2.05) is 0 Å². The molecule has 1 aromatic rings. The summed E-state index contributed by atoms with van der Waals surface area (Å²) >= 11 is 0. The quantitative estimate of drug-likeness (QED) is 0.802. The Morgan fingerprint density at radius 3 is 2.42 bits per heavy atom. The molecule has 1 atom stereocenters. The van der Waals surface area contributed by atoms with Crippen LogP contribution in [0.15, 0.2) is 18.2 Å². The number of hydrogen-bond donors (Lipinski definition) is 0. The van der Waals surface area contributed by atoms with Crippen LogP contribution in [0.3, 0.4) is 0 Å². The lowest BCUT2D eigenvalue weighted by Gasteiger charge is -2.27. The van der Waals surface area contributed by atoms with Crippen molar-refractivity contribution in [3.63, 3.8) is 0 Å². The second kappa shape index (κ2) is 6.84. The molecule has 1 saturated heterocycles. The molecule has 1 heterocycles. The van der Waals surface area contributed by atoms with E-state index in [0.717, 1.165) is 17.0 Å². The predicted molar refractivity (Wildman–Crippen MR) is 84.2 cm³/mol. The minimum atomic E-state index is -3.15. The van der Waals surface area contributed by atoms with E-state index >= 15 is 0 Å². The first-order valence-electron chi connectivity index (χ1n) is 7.30. The lowest BCUT2D eigenvalue weighted by Crippen LogP contribution is -2.45. The standard InChI is InChI=1S/C15H18F2N2O4S/c1-10(20)19(11-3-4-13(16)14(17)7-11)8-15(21)18(2)12-5-6-24(22,23)9-12/h3-4,7,12H,5-6,8-9H2,1-2H3. The van der Waals surface area contributed by atoms with Crippen molar-refractivity contribution in [2.24, 2.45) is 0 Å². The van der Waals surface area contributed by atoms with Gasteiger partial charge in [-0.25, -0.2) is 17.2 Å². The van der Waals surface area contributed by atoms with Crippen molar-refractivity contribution in [1.82, 2.24) is 4.90 Å². The first kappa shape index (κ1) is 18.3. The van der Waals surface area contributed by atoms with Crippen LogP contribution >= 0.6 is 0 Å². The zero-order chi connectivity index (χ0) is 18.1. The molecular weight excluding hydrogens is 342 g/mol. The van der Waals surface area contributed by atoms with Crippen LogP contribution in [0, 0.1) is 11.6 Å². The van der Waals surface area contributed by atoms with E-state index in [2.05, 4.69) is 0 Å². The van der Waals surface area contributed by atoms with Crippen LogP contribution in [-0.2, 0) is 19.4 Å². The van der Waals surface area contributed by atoms with Gasteiger partial charge in [-0.15, -0.1) is 0 Å². The van der Waals surface area contributed by atoms with Crippen molar-refractivity contribution >= 4 is 27.3 Å². The highest BCUT2D eigenvalue weighted by Gasteiger charge is 2.33. The Hall–Kier alpha value is -2.03. The normalized spacial score (nSPS) is 19.1. The molecule has 1 aliphatic rings. The maximum absolute atomic E-state index is 13.4. The van der Waals surface area contributed by atoms with Crippen molar-refractivity contribution in [2.45, 2.75) is 19.4 Å². The fourth-order valence-corrected chi connectivity index (χ4v) is 4.34. The van der Waals surface area contributed by atoms with Gasteiger partial charge < -0.3 is 9.80 Å². The molecule has 0 bridgehead atoms. The van der Waals surface area contributed by atoms with Gasteiger partial charge in [-0.05, 0) is 18.6 Å². The fraction of sp³-hybridized carbons (Fsp3) is 0.467. The van der Waals surface area contributed by atoms with Crippen molar-refractivity contribution in [1.29, 1.82) is 0 Å². The van der Waals surface area contributed by atoms with E-state index in [-0.39, 0.29) is 23.7 Å². The molecule has 1 aromatic carbocycles. The highest BCUT2D eigenvalue weighted by atomic mass is 32.2. The van der Waals surface area contributed by atoms with E-state index in [1.54, 1.807) is 0 Å². The minimum absolute atomic E-state index is 0.0227. The number of likely N-dealkylation sites (N-methyl/N-ethyl adjacent to an activating group) is 1. The third kappa shape index (κ3) is 4.08. The number of carbonyl (C=O) groups excluding carboxylic acids is 2. The Morgan fingerprint density at radius 1 is 1.25 bits per heavy atom. The summed E-state index contributed by atoms with van der Waals surface area (Å²) in [7, 11) is -1.68. The summed E-state index contributed by atoms with van der Waals surface area (Å²) in [6.07, 6.45) is 0.343. The second-order valence-electron chi connectivity index (χ2n) is 5.77. The van der Waals surface area contributed by atoms with Crippen molar-refractivity contribution < 1.29 is 26.8 Å². The van der Waals surface area contributed by atoms with Gasteiger partial charge in [0, 0.05) is 31.8 Å². The number of amides is 2. The lowest BCUT2D eigenvalue weighted by molar-refractivity contribution is -0.131. The average Bonchev–Trinajstić information content (AvgIpc) is 2.86. The van der Waals surface area contributed by atoms with Crippen molar-refractivity contribution in [3.05, 3.63) is 29.8 Å². The highest BCUT2D eigenvalue weighted by Crippen LogP contribution is 2.20. The van der Waals surface area contributed by atoms with E-state index in [9.17, 15) is 26.8 Å². The minimum Gasteiger partial charge on any atom is -0.340 e. The van der Waals surface area contributed by atoms with Crippen LogP contribution in [0.4, 0.5) is 14.5 Å². The number of nitrogens with zero attached hydrogens (tertiary/aromatic N) is 2. The number of sulfone groups is 1. The summed E-state index contributed by atoms with van der Waals surface area (Å²) in [4.78, 5) is 26.4. The summed E-state index contributed by atoms with van der Waals surface area (Å²) in [5, 5.41) is 0. The molecule has 2 rings (SSSR count). The first-order valence-corrected chi connectivity index (χ1v) is 9.12. The molecule has 6 nitrogen and oxygen atoms in total. The highest BCUT2D eigenvalue weighted by molar-refractivity contribution is 7.91. The van der Waals surface area contributed by atoms with E-state index < -0.39 is 39.3 Å². The summed E-state index contributed by atoms with van der Waals surface area (Å²) in [5.74, 6) is -3.25. The molecule has 0 aliphatic carbocycles. The summed E-state index contributed by atoms with van der Waals surface area (Å²) in [5.41, 5.74) is 0.0576. The number of anilines is 1. The average molecular weight is 360 g/mol. The maximum Gasteiger partial charge on any atom is 0.242 e. The van der Waals surface area contributed by atoms with E-state index in [1.165, 1.54) is 24.9 Å². The van der Waals surface area contributed by atoms with E-state index in [4.69, 9.17) is 0 Å². The summed E-state index contributed by atoms with van der Waals surface area (Å²) in [6, 6.07) is 2.47. The number of hydrogen-bond acceptors (Lipinski definition) is 4. The van der Waals surface area contributed by atoms with Crippen LogP contribution in [0.25, 0.3) is 0 Å². The molecule has 24 heavy (non-hydrogen) atoms. The molecule has 0 spiro atoms. The van der Waals surface area contributed by atoms with Gasteiger partial charge in [0.1, 0.15) is 6.54 Å². The zero-order valence-electron chi connectivity index (χ0n) is 13.3. The molecule has 9 heteroatoms. The monoisotopic (exact) mass is 360 g/mol. The molecular formula is C15H18F2N2O4S. The van der Waals surface area contributed by atoms with Gasteiger partial charge >= 0.3 is 0 Å². The smallest absolute Gasteiger partial charge is 0.242 e. The maximum atomic E-state index is 13.4. The molecule has 0 aromatic heterocycles. The van der Waals surface area contributed by atoms with E-state index in [0.29, 0.717) is 6.42 Å². The number of benzene rings is 1. The van der Waals surface area contributed by atoms with Crippen LogP contribution in [0.5, 0.6) is 0 Å². The zero-order valence-corrected chi connectivity index (χ0v) is 14.1. The van der Waals surface area contributed by atoms with Gasteiger partial charge in [0.25, 0.3) is 0 Å². The predicted octanol–water partition coefficient (Wildman–Crippen LogP) is 0.963. The molecule has 0 radical (unpaired) electrons. The largest absolute Gasteiger partial charge is 0.340 e. The molecule has 1 aliphatic heterocycles.